The van der Waals surface area contributed by atoms with E-state index in [1.807, 2.05) is 0 Å². The monoisotopic (exact) mass is 201 g/mol. The van der Waals surface area contributed by atoms with Gasteiger partial charge in [0, 0.05) is 0 Å². The lowest BCUT2D eigenvalue weighted by Gasteiger charge is -2.41. The molecule has 13 heavy (non-hydrogen) atoms. The average molecular weight is 201 g/mol. The molecule has 0 aromatic rings. The smallest absolute Gasteiger partial charge is 0.249 e. The highest BCUT2D eigenvalue weighted by Gasteiger charge is 2.42. The fraction of sp³-hybridized carbons (Fsp3) is 0.889. The Morgan fingerprint density at radius 1 is 1.46 bits per heavy atom. The first-order chi connectivity index (χ1) is 5.74. The lowest BCUT2D eigenvalue weighted by molar-refractivity contribution is -0.135. The first-order valence-electron chi connectivity index (χ1n) is 4.69. The van der Waals surface area contributed by atoms with Crippen molar-refractivity contribution in [1.29, 1.82) is 0 Å². The van der Waals surface area contributed by atoms with E-state index in [0.717, 1.165) is 0 Å². The highest BCUT2D eigenvalue weighted by molar-refractivity contribution is 6.74. The quantitative estimate of drug-likeness (QED) is 0.543. The summed E-state index contributed by atoms with van der Waals surface area (Å²) in [6.45, 7) is 11.5. The van der Waals surface area contributed by atoms with E-state index < -0.39 is 8.32 Å². The van der Waals surface area contributed by atoms with Gasteiger partial charge in [-0.15, -0.1) is 0 Å². The van der Waals surface area contributed by atoms with Crippen molar-refractivity contribution in [3.63, 3.8) is 0 Å². The molecule has 4 heteroatoms. The van der Waals surface area contributed by atoms with Gasteiger partial charge >= 0.3 is 0 Å². The molecule has 1 aliphatic heterocycles. The summed E-state index contributed by atoms with van der Waals surface area (Å²) in [7, 11) is -1.74. The summed E-state index contributed by atoms with van der Waals surface area (Å²) in [6.07, 6.45) is -0.180. The van der Waals surface area contributed by atoms with Crippen LogP contribution in [0.4, 0.5) is 0 Å². The molecule has 0 aromatic carbocycles. The Kier molecular flexibility index (Phi) is 2.56. The topological polar surface area (TPSA) is 38.3 Å². The maximum Gasteiger partial charge on any atom is 0.249 e. The Bertz CT molecular complexity index is 220. The summed E-state index contributed by atoms with van der Waals surface area (Å²) in [5, 5.41) is 2.87. The van der Waals surface area contributed by atoms with E-state index in [9.17, 15) is 4.79 Å². The van der Waals surface area contributed by atoms with Crippen molar-refractivity contribution in [2.45, 2.75) is 45.0 Å². The predicted octanol–water partition coefficient (Wildman–Crippen LogP) is 1.51. The summed E-state index contributed by atoms with van der Waals surface area (Å²) >= 11 is 0. The molecule has 0 radical (unpaired) electrons. The molecule has 0 aromatic heterocycles. The first-order valence-corrected chi connectivity index (χ1v) is 7.60. The molecule has 76 valence electrons. The molecule has 1 N–H and O–H groups in total. The zero-order chi connectivity index (χ0) is 10.3. The van der Waals surface area contributed by atoms with Crippen LogP contribution in [-0.4, -0.2) is 26.9 Å². The molecule has 0 spiro atoms. The van der Waals surface area contributed by atoms with E-state index in [1.165, 1.54) is 0 Å². The van der Waals surface area contributed by atoms with Crippen molar-refractivity contribution in [2.24, 2.45) is 0 Å². The van der Waals surface area contributed by atoms with Gasteiger partial charge in [-0.1, -0.05) is 20.8 Å². The fourth-order valence-electron chi connectivity index (χ4n) is 0.896. The van der Waals surface area contributed by atoms with Crippen LogP contribution in [-0.2, 0) is 9.22 Å². The second kappa shape index (κ2) is 3.10. The van der Waals surface area contributed by atoms with Gasteiger partial charge in [-0.2, -0.15) is 0 Å². The maximum atomic E-state index is 11.0. The number of rotatable bonds is 2. The van der Waals surface area contributed by atoms with Crippen LogP contribution in [0, 0.1) is 0 Å². The first kappa shape index (κ1) is 10.7. The molecule has 1 amide bonds. The standard InChI is InChI=1S/C9H19NO2Si/c1-9(2,3)13(4,5)12-7-6-10-8(7)11/h7H,6H2,1-5H3,(H,10,11). The third-order valence-electron chi connectivity index (χ3n) is 3.00. The third kappa shape index (κ3) is 2.11. The molecule has 1 unspecified atom stereocenters. The number of hydrogen-bond donors (Lipinski definition) is 1. The lowest BCUT2D eigenvalue weighted by Crippen LogP contribution is -2.59. The molecule has 0 saturated carbocycles. The predicted molar refractivity (Wildman–Crippen MR) is 55.1 cm³/mol. The van der Waals surface area contributed by atoms with Crippen LogP contribution in [0.3, 0.4) is 0 Å². The van der Waals surface area contributed by atoms with Gasteiger partial charge in [-0.05, 0) is 18.1 Å². The van der Waals surface area contributed by atoms with Gasteiger partial charge in [0.2, 0.25) is 5.91 Å². The Hall–Kier alpha value is -0.353. The average Bonchev–Trinajstić information content (AvgIpc) is 1.95. The van der Waals surface area contributed by atoms with Crippen LogP contribution in [0.15, 0.2) is 0 Å². The minimum absolute atomic E-state index is 0.0461. The molecule has 0 aliphatic carbocycles. The zero-order valence-corrected chi connectivity index (χ0v) is 10.1. The Morgan fingerprint density at radius 2 is 2.00 bits per heavy atom. The summed E-state index contributed by atoms with van der Waals surface area (Å²) in [5.41, 5.74) is 0. The molecular weight excluding hydrogens is 182 g/mol. The van der Waals surface area contributed by atoms with E-state index >= 15 is 0 Å². The van der Waals surface area contributed by atoms with Gasteiger partial charge in [0.1, 0.15) is 6.10 Å². The number of carbonyl (C=O) groups is 1. The minimum atomic E-state index is -1.74. The third-order valence-corrected chi connectivity index (χ3v) is 7.48. The van der Waals surface area contributed by atoms with Gasteiger partial charge in [0.25, 0.3) is 0 Å². The number of amides is 1. The molecule has 1 saturated heterocycles. The van der Waals surface area contributed by atoms with Crippen LogP contribution in [0.5, 0.6) is 0 Å². The van der Waals surface area contributed by atoms with E-state index in [4.69, 9.17) is 4.43 Å². The van der Waals surface area contributed by atoms with Gasteiger partial charge in [-0.25, -0.2) is 0 Å². The maximum absolute atomic E-state index is 11.0. The van der Waals surface area contributed by atoms with E-state index in [-0.39, 0.29) is 17.0 Å². The van der Waals surface area contributed by atoms with Crippen LogP contribution in [0.2, 0.25) is 18.1 Å². The number of carbonyl (C=O) groups excluding carboxylic acids is 1. The fourth-order valence-corrected chi connectivity index (χ4v) is 2.15. The Balaban J connectivity index is 2.56. The summed E-state index contributed by atoms with van der Waals surface area (Å²) < 4.78 is 5.88. The van der Waals surface area contributed by atoms with Crippen LogP contribution in [0.1, 0.15) is 20.8 Å². The van der Waals surface area contributed by atoms with Crippen molar-refractivity contribution in [2.75, 3.05) is 6.54 Å². The molecule has 1 atom stereocenters. The highest BCUT2D eigenvalue weighted by Crippen LogP contribution is 2.37. The zero-order valence-electron chi connectivity index (χ0n) is 9.10. The summed E-state index contributed by atoms with van der Waals surface area (Å²) in [4.78, 5) is 11.0. The summed E-state index contributed by atoms with van der Waals surface area (Å²) in [6, 6.07) is 0. The molecule has 1 heterocycles. The van der Waals surface area contributed by atoms with E-state index in [0.29, 0.717) is 6.54 Å². The van der Waals surface area contributed by atoms with Gasteiger partial charge in [0.05, 0.1) is 6.54 Å². The van der Waals surface area contributed by atoms with Gasteiger partial charge < -0.3 is 9.74 Å². The minimum Gasteiger partial charge on any atom is -0.404 e. The SMILES string of the molecule is CC(C)(C)[Si](C)(C)OC1CNC1=O. The van der Waals surface area contributed by atoms with Crippen LogP contribution >= 0.6 is 0 Å². The van der Waals surface area contributed by atoms with Crippen molar-refractivity contribution in [3.05, 3.63) is 0 Å². The molecule has 1 rings (SSSR count). The van der Waals surface area contributed by atoms with Crippen molar-refractivity contribution >= 4 is 14.2 Å². The largest absolute Gasteiger partial charge is 0.404 e. The van der Waals surface area contributed by atoms with Crippen LogP contribution in [0.25, 0.3) is 0 Å². The second-order valence-corrected chi connectivity index (χ2v) is 9.87. The highest BCUT2D eigenvalue weighted by atomic mass is 28.4. The van der Waals surface area contributed by atoms with Gasteiger partial charge in [-0.3, -0.25) is 4.79 Å². The van der Waals surface area contributed by atoms with E-state index in [1.54, 1.807) is 0 Å². The number of nitrogens with one attached hydrogen (secondary N) is 1. The molecular formula is C9H19NO2Si. The molecule has 1 fully saturated rings. The lowest BCUT2D eigenvalue weighted by atomic mass is 10.2. The van der Waals surface area contributed by atoms with E-state index in [2.05, 4.69) is 39.2 Å². The number of β-lactam (4-membered cyclic amide) rings is 1. The second-order valence-electron chi connectivity index (χ2n) is 5.11. The number of hydrogen-bond acceptors (Lipinski definition) is 2. The molecule has 3 nitrogen and oxygen atoms in total. The summed E-state index contributed by atoms with van der Waals surface area (Å²) in [5.74, 6) is 0.0461. The molecule has 0 bridgehead atoms. The Morgan fingerprint density at radius 3 is 2.23 bits per heavy atom. The normalized spacial score (nSPS) is 23.8. The van der Waals surface area contributed by atoms with Gasteiger partial charge in [0.15, 0.2) is 8.32 Å². The van der Waals surface area contributed by atoms with Crippen LogP contribution < -0.4 is 5.32 Å². The van der Waals surface area contributed by atoms with Crippen molar-refractivity contribution < 1.29 is 9.22 Å². The van der Waals surface area contributed by atoms with Crippen molar-refractivity contribution in [1.82, 2.24) is 5.32 Å². The molecule has 1 aliphatic rings. The Labute approximate surface area is 81.0 Å². The van der Waals surface area contributed by atoms with Crippen molar-refractivity contribution in [3.8, 4) is 0 Å².